The third-order valence-corrected chi connectivity index (χ3v) is 2.33. The lowest BCUT2D eigenvalue weighted by Crippen LogP contribution is -2.01. The highest BCUT2D eigenvalue weighted by Gasteiger charge is 2.09. The first kappa shape index (κ1) is 9.71. The Kier molecular flexibility index (Phi) is 2.41. The van der Waals surface area contributed by atoms with Crippen molar-refractivity contribution in [3.05, 3.63) is 30.2 Å². The van der Waals surface area contributed by atoms with Gasteiger partial charge in [-0.1, -0.05) is 6.92 Å². The number of pyridine rings is 1. The number of methoxy groups -OCH3 is 1. The van der Waals surface area contributed by atoms with Gasteiger partial charge in [0.15, 0.2) is 5.78 Å². The first-order valence-electron chi connectivity index (χ1n) is 4.80. The monoisotopic (exact) mass is 204 g/mol. The molecule has 2 aromatic heterocycles. The smallest absolute Gasteiger partial charge is 0.180 e. The molecule has 2 rings (SSSR count). The standard InChI is InChI=1S/C11H12N2O2/c1-3-10(14)9-7-12-11-6-8(15-2)4-5-13(9)11/h4-7H,3H2,1-2H3. The summed E-state index contributed by atoms with van der Waals surface area (Å²) in [4.78, 5) is 15.7. The van der Waals surface area contributed by atoms with E-state index in [2.05, 4.69) is 4.98 Å². The summed E-state index contributed by atoms with van der Waals surface area (Å²) in [5, 5.41) is 0. The van der Waals surface area contributed by atoms with E-state index in [4.69, 9.17) is 4.74 Å². The number of aromatic nitrogens is 2. The van der Waals surface area contributed by atoms with Gasteiger partial charge in [0.05, 0.1) is 13.3 Å². The van der Waals surface area contributed by atoms with E-state index in [0.717, 1.165) is 11.4 Å². The summed E-state index contributed by atoms with van der Waals surface area (Å²) in [6, 6.07) is 3.60. The Balaban J connectivity index is 2.57. The average molecular weight is 204 g/mol. The van der Waals surface area contributed by atoms with Crippen LogP contribution in [0, 0.1) is 0 Å². The molecule has 4 heteroatoms. The number of carbonyl (C=O) groups excluding carboxylic acids is 1. The Morgan fingerprint density at radius 1 is 1.60 bits per heavy atom. The van der Waals surface area contributed by atoms with Gasteiger partial charge < -0.3 is 4.74 Å². The quantitative estimate of drug-likeness (QED) is 0.717. The van der Waals surface area contributed by atoms with Crippen LogP contribution in [0.5, 0.6) is 5.75 Å². The second-order valence-corrected chi connectivity index (χ2v) is 3.21. The average Bonchev–Trinajstić information content (AvgIpc) is 2.70. The van der Waals surface area contributed by atoms with Gasteiger partial charge in [0.1, 0.15) is 17.1 Å². The molecule has 0 aromatic carbocycles. The molecule has 0 saturated heterocycles. The fourth-order valence-electron chi connectivity index (χ4n) is 1.48. The minimum atomic E-state index is 0.0904. The predicted octanol–water partition coefficient (Wildman–Crippen LogP) is 1.94. The zero-order chi connectivity index (χ0) is 10.8. The first-order chi connectivity index (χ1) is 7.26. The molecule has 0 radical (unpaired) electrons. The molecule has 4 nitrogen and oxygen atoms in total. The lowest BCUT2D eigenvalue weighted by molar-refractivity contribution is 0.0982. The zero-order valence-corrected chi connectivity index (χ0v) is 8.73. The number of hydrogen-bond acceptors (Lipinski definition) is 3. The van der Waals surface area contributed by atoms with E-state index in [1.165, 1.54) is 0 Å². The van der Waals surface area contributed by atoms with E-state index in [1.54, 1.807) is 36.0 Å². The van der Waals surface area contributed by atoms with Crippen LogP contribution in [-0.2, 0) is 0 Å². The van der Waals surface area contributed by atoms with Crippen LogP contribution in [0.1, 0.15) is 23.8 Å². The topological polar surface area (TPSA) is 43.6 Å². The third kappa shape index (κ3) is 1.58. The van der Waals surface area contributed by atoms with Crippen LogP contribution < -0.4 is 4.74 Å². The minimum Gasteiger partial charge on any atom is -0.497 e. The van der Waals surface area contributed by atoms with E-state index in [9.17, 15) is 4.79 Å². The van der Waals surface area contributed by atoms with Crippen molar-refractivity contribution in [2.24, 2.45) is 0 Å². The molecule has 0 fully saturated rings. The van der Waals surface area contributed by atoms with Gasteiger partial charge in [-0.25, -0.2) is 4.98 Å². The first-order valence-corrected chi connectivity index (χ1v) is 4.80. The van der Waals surface area contributed by atoms with Gasteiger partial charge in [-0.05, 0) is 6.07 Å². The van der Waals surface area contributed by atoms with Gasteiger partial charge in [0.2, 0.25) is 0 Å². The summed E-state index contributed by atoms with van der Waals surface area (Å²) in [5.41, 5.74) is 1.35. The van der Waals surface area contributed by atoms with Gasteiger partial charge in [0.25, 0.3) is 0 Å². The lowest BCUT2D eigenvalue weighted by atomic mass is 10.2. The molecule has 0 N–H and O–H groups in total. The van der Waals surface area contributed by atoms with E-state index in [0.29, 0.717) is 12.1 Å². The van der Waals surface area contributed by atoms with Crippen LogP contribution in [0.2, 0.25) is 0 Å². The van der Waals surface area contributed by atoms with Crippen LogP contribution in [-0.4, -0.2) is 22.3 Å². The Morgan fingerprint density at radius 2 is 2.40 bits per heavy atom. The number of Topliss-reactive ketones (excluding diaryl/α,β-unsaturated/α-hetero) is 1. The maximum Gasteiger partial charge on any atom is 0.180 e. The van der Waals surface area contributed by atoms with E-state index >= 15 is 0 Å². The molecule has 0 spiro atoms. The maximum atomic E-state index is 11.6. The molecule has 15 heavy (non-hydrogen) atoms. The van der Waals surface area contributed by atoms with E-state index < -0.39 is 0 Å². The summed E-state index contributed by atoms with van der Waals surface area (Å²) >= 11 is 0. The highest BCUT2D eigenvalue weighted by molar-refractivity contribution is 5.94. The Hall–Kier alpha value is -1.84. The summed E-state index contributed by atoms with van der Waals surface area (Å²) in [7, 11) is 1.60. The van der Waals surface area contributed by atoms with Gasteiger partial charge in [-0.3, -0.25) is 9.20 Å². The van der Waals surface area contributed by atoms with Crippen LogP contribution in [0.25, 0.3) is 5.65 Å². The number of ether oxygens (including phenoxy) is 1. The van der Waals surface area contributed by atoms with Crippen LogP contribution in [0.3, 0.4) is 0 Å². The number of rotatable bonds is 3. The lowest BCUT2D eigenvalue weighted by Gasteiger charge is -2.01. The number of nitrogens with zero attached hydrogens (tertiary/aromatic N) is 2. The number of hydrogen-bond donors (Lipinski definition) is 0. The molecule has 2 heterocycles. The van der Waals surface area contributed by atoms with Crippen molar-refractivity contribution in [3.63, 3.8) is 0 Å². The van der Waals surface area contributed by atoms with Crippen LogP contribution in [0.15, 0.2) is 24.5 Å². The van der Waals surface area contributed by atoms with Crippen molar-refractivity contribution < 1.29 is 9.53 Å². The van der Waals surface area contributed by atoms with Crippen molar-refractivity contribution in [1.29, 1.82) is 0 Å². The summed E-state index contributed by atoms with van der Waals surface area (Å²) in [6.45, 7) is 1.84. The Labute approximate surface area is 87.5 Å². The molecule has 0 aliphatic carbocycles. The summed E-state index contributed by atoms with van der Waals surface area (Å²) in [6.07, 6.45) is 3.88. The molecular weight excluding hydrogens is 192 g/mol. The number of carbonyl (C=O) groups is 1. The van der Waals surface area contributed by atoms with Crippen molar-refractivity contribution in [2.45, 2.75) is 13.3 Å². The molecule has 2 aromatic rings. The van der Waals surface area contributed by atoms with Gasteiger partial charge in [-0.2, -0.15) is 0 Å². The second kappa shape index (κ2) is 3.73. The van der Waals surface area contributed by atoms with Crippen molar-refractivity contribution in [1.82, 2.24) is 9.38 Å². The molecule has 0 saturated carbocycles. The number of ketones is 1. The summed E-state index contributed by atoms with van der Waals surface area (Å²) < 4.78 is 6.85. The third-order valence-electron chi connectivity index (χ3n) is 2.33. The molecular formula is C11H12N2O2. The van der Waals surface area contributed by atoms with Crippen LogP contribution >= 0.6 is 0 Å². The molecule has 0 aliphatic rings. The van der Waals surface area contributed by atoms with Gasteiger partial charge in [0, 0.05) is 18.7 Å². The molecule has 78 valence electrons. The van der Waals surface area contributed by atoms with Crippen LogP contribution in [0.4, 0.5) is 0 Å². The minimum absolute atomic E-state index is 0.0904. The van der Waals surface area contributed by atoms with Gasteiger partial charge >= 0.3 is 0 Å². The molecule has 0 atom stereocenters. The molecule has 0 unspecified atom stereocenters. The SMILES string of the molecule is CCC(=O)c1cnc2cc(OC)ccn12. The summed E-state index contributed by atoms with van der Waals surface area (Å²) in [5.74, 6) is 0.830. The molecule has 0 bridgehead atoms. The van der Waals surface area contributed by atoms with Crippen molar-refractivity contribution in [3.8, 4) is 5.75 Å². The number of fused-ring (bicyclic) bond motifs is 1. The van der Waals surface area contributed by atoms with E-state index in [-0.39, 0.29) is 5.78 Å². The zero-order valence-electron chi connectivity index (χ0n) is 8.73. The highest BCUT2D eigenvalue weighted by Crippen LogP contribution is 2.15. The Bertz CT molecular complexity index is 502. The second-order valence-electron chi connectivity index (χ2n) is 3.21. The Morgan fingerprint density at radius 3 is 3.07 bits per heavy atom. The van der Waals surface area contributed by atoms with Crippen molar-refractivity contribution in [2.75, 3.05) is 7.11 Å². The number of imidazole rings is 1. The van der Waals surface area contributed by atoms with Crippen molar-refractivity contribution >= 4 is 11.4 Å². The van der Waals surface area contributed by atoms with E-state index in [1.807, 2.05) is 6.92 Å². The molecule has 0 aliphatic heterocycles. The maximum absolute atomic E-state index is 11.6. The largest absolute Gasteiger partial charge is 0.497 e. The van der Waals surface area contributed by atoms with Gasteiger partial charge in [-0.15, -0.1) is 0 Å². The normalized spacial score (nSPS) is 10.5. The fourth-order valence-corrected chi connectivity index (χ4v) is 1.48. The predicted molar refractivity (Wildman–Crippen MR) is 56.4 cm³/mol. The fraction of sp³-hybridized carbons (Fsp3) is 0.273. The molecule has 0 amide bonds. The highest BCUT2D eigenvalue weighted by atomic mass is 16.5.